The van der Waals surface area contributed by atoms with E-state index in [-0.39, 0.29) is 29.6 Å². The Balaban J connectivity index is 0.00000264. The van der Waals surface area contributed by atoms with Crippen LogP contribution in [0.1, 0.15) is 11.7 Å². The number of nitrogens with zero attached hydrogens (tertiary/aromatic N) is 1. The first kappa shape index (κ1) is 19.4. The van der Waals surface area contributed by atoms with Gasteiger partial charge in [-0.3, -0.25) is 10.1 Å². The zero-order chi connectivity index (χ0) is 15.9. The Kier molecular flexibility index (Phi) is 8.05. The van der Waals surface area contributed by atoms with Crippen molar-refractivity contribution in [1.29, 1.82) is 0 Å². The summed E-state index contributed by atoms with van der Waals surface area (Å²) in [6.45, 7) is -0.602. The molecule has 2 rings (SSSR count). The molecule has 0 aromatic heterocycles. The van der Waals surface area contributed by atoms with Crippen molar-refractivity contribution in [2.75, 3.05) is 13.7 Å². The number of hydrogen-bond acceptors (Lipinski definition) is 5. The minimum absolute atomic E-state index is 0. The molecule has 1 radical (unpaired) electrons. The van der Waals surface area contributed by atoms with E-state index < -0.39 is 23.7 Å². The largest absolute Gasteiger partial charge is 0.493 e. The van der Waals surface area contributed by atoms with E-state index in [1.807, 2.05) is 6.07 Å². The summed E-state index contributed by atoms with van der Waals surface area (Å²) in [5, 5.41) is 20.8. The monoisotopic (exact) mass is 326 g/mol. The van der Waals surface area contributed by atoms with Crippen LogP contribution < -0.4 is 9.47 Å². The number of nitro groups is 1. The fourth-order valence-electron chi connectivity index (χ4n) is 2.11. The SMILES string of the molecule is COc1ccccc1OC(c1ccccc1)C(O)C[N+](=O)[O-].[Na]. The second kappa shape index (κ2) is 9.52. The number of hydrogen-bond donors (Lipinski definition) is 1. The van der Waals surface area contributed by atoms with Crippen molar-refractivity contribution in [3.05, 3.63) is 70.3 Å². The van der Waals surface area contributed by atoms with E-state index in [1.165, 1.54) is 7.11 Å². The summed E-state index contributed by atoms with van der Waals surface area (Å²) in [6, 6.07) is 15.9. The molecule has 0 amide bonds. The molecule has 23 heavy (non-hydrogen) atoms. The van der Waals surface area contributed by atoms with Crippen LogP contribution in [0.25, 0.3) is 0 Å². The van der Waals surface area contributed by atoms with Gasteiger partial charge in [0.25, 0.3) is 0 Å². The van der Waals surface area contributed by atoms with Gasteiger partial charge in [-0.15, -0.1) is 0 Å². The van der Waals surface area contributed by atoms with Crippen LogP contribution in [0.5, 0.6) is 11.5 Å². The van der Waals surface area contributed by atoms with Gasteiger partial charge in [0, 0.05) is 34.5 Å². The molecule has 0 aliphatic carbocycles. The number of ether oxygens (including phenoxy) is 2. The van der Waals surface area contributed by atoms with Crippen LogP contribution in [-0.2, 0) is 0 Å². The molecular formula is C16H17NNaO5. The standard InChI is InChI=1S/C16H17NO5.Na/c1-21-14-9-5-6-10-15(14)22-16(13(18)11-17(19)20)12-7-3-2-4-8-12;/h2-10,13,16,18H,11H2,1H3;. The van der Waals surface area contributed by atoms with Crippen molar-refractivity contribution in [2.45, 2.75) is 12.2 Å². The van der Waals surface area contributed by atoms with Gasteiger partial charge >= 0.3 is 0 Å². The smallest absolute Gasteiger partial charge is 0.233 e. The second-order valence-corrected chi connectivity index (χ2v) is 4.68. The van der Waals surface area contributed by atoms with Crippen LogP contribution in [0.15, 0.2) is 54.6 Å². The number of aliphatic hydroxyl groups excluding tert-OH is 1. The molecule has 0 aliphatic heterocycles. The van der Waals surface area contributed by atoms with Crippen molar-refractivity contribution in [1.82, 2.24) is 0 Å². The van der Waals surface area contributed by atoms with Gasteiger partial charge in [-0.1, -0.05) is 42.5 Å². The number of aliphatic hydroxyl groups is 1. The van der Waals surface area contributed by atoms with Gasteiger partial charge in [0.1, 0.15) is 0 Å². The Morgan fingerprint density at radius 2 is 1.65 bits per heavy atom. The maximum Gasteiger partial charge on any atom is 0.233 e. The van der Waals surface area contributed by atoms with Crippen LogP contribution in [0.3, 0.4) is 0 Å². The Hall–Kier alpha value is -1.60. The van der Waals surface area contributed by atoms with Gasteiger partial charge < -0.3 is 14.6 Å². The summed E-state index contributed by atoms with van der Waals surface area (Å²) in [5.41, 5.74) is 0.655. The van der Waals surface area contributed by atoms with Crippen LogP contribution in [0, 0.1) is 10.1 Å². The van der Waals surface area contributed by atoms with Gasteiger partial charge in [-0.2, -0.15) is 0 Å². The fourth-order valence-corrected chi connectivity index (χ4v) is 2.11. The second-order valence-electron chi connectivity index (χ2n) is 4.68. The Morgan fingerprint density at radius 1 is 1.09 bits per heavy atom. The predicted octanol–water partition coefficient (Wildman–Crippen LogP) is 2.07. The molecule has 2 atom stereocenters. The molecule has 6 nitrogen and oxygen atoms in total. The first-order valence-corrected chi connectivity index (χ1v) is 6.76. The first-order valence-electron chi connectivity index (χ1n) is 6.76. The zero-order valence-corrected chi connectivity index (χ0v) is 15.1. The summed E-state index contributed by atoms with van der Waals surface area (Å²) in [5.74, 6) is 0.915. The molecule has 0 heterocycles. The molecule has 0 saturated carbocycles. The number of para-hydroxylation sites is 2. The molecule has 1 N–H and O–H groups in total. The molecule has 0 saturated heterocycles. The zero-order valence-electron chi connectivity index (χ0n) is 13.1. The van der Waals surface area contributed by atoms with Crippen molar-refractivity contribution in [2.24, 2.45) is 0 Å². The molecule has 2 aromatic carbocycles. The van der Waals surface area contributed by atoms with E-state index in [9.17, 15) is 15.2 Å². The average Bonchev–Trinajstić information content (AvgIpc) is 2.53. The third-order valence-electron chi connectivity index (χ3n) is 3.14. The Morgan fingerprint density at radius 3 is 2.22 bits per heavy atom. The molecule has 0 fully saturated rings. The molecule has 2 aromatic rings. The molecular weight excluding hydrogens is 309 g/mol. The number of rotatable bonds is 7. The van der Waals surface area contributed by atoms with Crippen molar-refractivity contribution < 1.29 is 19.5 Å². The van der Waals surface area contributed by atoms with Gasteiger partial charge in [-0.25, -0.2) is 0 Å². The molecule has 117 valence electrons. The van der Waals surface area contributed by atoms with E-state index >= 15 is 0 Å². The third-order valence-corrected chi connectivity index (χ3v) is 3.14. The molecule has 0 bridgehead atoms. The van der Waals surface area contributed by atoms with Crippen molar-refractivity contribution >= 4 is 29.6 Å². The van der Waals surface area contributed by atoms with Crippen LogP contribution >= 0.6 is 0 Å². The van der Waals surface area contributed by atoms with Crippen LogP contribution in [0.2, 0.25) is 0 Å². The molecule has 2 unspecified atom stereocenters. The first-order chi connectivity index (χ1) is 10.6. The summed E-state index contributed by atoms with van der Waals surface area (Å²) < 4.78 is 11.0. The maximum absolute atomic E-state index is 10.7. The van der Waals surface area contributed by atoms with E-state index in [1.54, 1.807) is 48.5 Å². The minimum Gasteiger partial charge on any atom is -0.493 e. The average molecular weight is 326 g/mol. The summed E-state index contributed by atoms with van der Waals surface area (Å²) in [6.07, 6.45) is -2.13. The minimum atomic E-state index is -1.28. The van der Waals surface area contributed by atoms with Crippen LogP contribution in [-0.4, -0.2) is 59.3 Å². The van der Waals surface area contributed by atoms with Crippen molar-refractivity contribution in [3.8, 4) is 11.5 Å². The van der Waals surface area contributed by atoms with Gasteiger partial charge in [-0.05, 0) is 17.7 Å². The normalized spacial score (nSPS) is 12.6. The van der Waals surface area contributed by atoms with E-state index in [4.69, 9.17) is 9.47 Å². The number of benzene rings is 2. The van der Waals surface area contributed by atoms with E-state index in [2.05, 4.69) is 0 Å². The third kappa shape index (κ3) is 5.51. The summed E-state index contributed by atoms with van der Waals surface area (Å²) in [4.78, 5) is 10.1. The fraction of sp³-hybridized carbons (Fsp3) is 0.250. The van der Waals surface area contributed by atoms with Gasteiger partial charge in [0.15, 0.2) is 23.7 Å². The Bertz CT molecular complexity index is 623. The summed E-state index contributed by atoms with van der Waals surface area (Å²) in [7, 11) is 1.51. The van der Waals surface area contributed by atoms with Gasteiger partial charge in [0.2, 0.25) is 6.54 Å². The predicted molar refractivity (Wildman–Crippen MR) is 86.4 cm³/mol. The maximum atomic E-state index is 10.7. The Labute approximate surface area is 156 Å². The topological polar surface area (TPSA) is 81.8 Å². The van der Waals surface area contributed by atoms with Crippen LogP contribution in [0.4, 0.5) is 0 Å². The number of methoxy groups -OCH3 is 1. The van der Waals surface area contributed by atoms with E-state index in [0.717, 1.165) is 0 Å². The molecule has 0 aliphatic rings. The molecule has 0 spiro atoms. The van der Waals surface area contributed by atoms with Gasteiger partial charge in [0.05, 0.1) is 7.11 Å². The summed E-state index contributed by atoms with van der Waals surface area (Å²) >= 11 is 0. The quantitative estimate of drug-likeness (QED) is 0.478. The van der Waals surface area contributed by atoms with E-state index in [0.29, 0.717) is 17.1 Å². The van der Waals surface area contributed by atoms with Crippen molar-refractivity contribution in [3.63, 3.8) is 0 Å². The molecule has 7 heteroatoms.